The maximum atomic E-state index is 13.6. The molecule has 0 aliphatic carbocycles. The number of hydrazone groups is 1. The van der Waals surface area contributed by atoms with Crippen molar-refractivity contribution in [2.24, 2.45) is 5.10 Å². The molecule has 0 bridgehead atoms. The smallest absolute Gasteiger partial charge is 0.271 e. The summed E-state index contributed by atoms with van der Waals surface area (Å²) in [6.45, 7) is 0. The second-order valence-electron chi connectivity index (χ2n) is 5.17. The van der Waals surface area contributed by atoms with Gasteiger partial charge in [-0.3, -0.25) is 4.79 Å². The zero-order valence-electron chi connectivity index (χ0n) is 13.6. The molecule has 9 heteroatoms. The average molecular weight is 450 g/mol. The lowest BCUT2D eigenvalue weighted by Gasteiger charge is -2.05. The summed E-state index contributed by atoms with van der Waals surface area (Å²) >= 11 is 8.93. The lowest BCUT2D eigenvalue weighted by molar-refractivity contribution is 0.0955. The molecule has 1 N–H and O–H groups in total. The van der Waals surface area contributed by atoms with Crippen molar-refractivity contribution in [1.82, 2.24) is 15.4 Å². The molecular weight excluding hydrogens is 439 g/mol. The van der Waals surface area contributed by atoms with E-state index in [0.717, 1.165) is 10.7 Å². The van der Waals surface area contributed by atoms with Crippen LogP contribution in [0.25, 0.3) is 0 Å². The number of rotatable bonds is 5. The summed E-state index contributed by atoms with van der Waals surface area (Å²) in [5.74, 6) is -0.958. The zero-order valence-corrected chi connectivity index (χ0v) is 15.9. The van der Waals surface area contributed by atoms with E-state index in [1.165, 1.54) is 6.21 Å². The fourth-order valence-electron chi connectivity index (χ4n) is 2.00. The lowest BCUT2D eigenvalue weighted by Crippen LogP contribution is -2.17. The van der Waals surface area contributed by atoms with Gasteiger partial charge in [-0.1, -0.05) is 22.0 Å². The largest absolute Gasteiger partial charge is 0.436 e. The van der Waals surface area contributed by atoms with E-state index in [1.54, 1.807) is 42.5 Å². The highest BCUT2D eigenvalue weighted by atomic mass is 79.9. The van der Waals surface area contributed by atoms with Gasteiger partial charge < -0.3 is 4.74 Å². The van der Waals surface area contributed by atoms with Gasteiger partial charge in [-0.2, -0.15) is 14.5 Å². The number of amides is 1. The van der Waals surface area contributed by atoms with Crippen LogP contribution in [0.3, 0.4) is 0 Å². The van der Waals surface area contributed by atoms with Crippen molar-refractivity contribution in [3.8, 4) is 11.6 Å². The summed E-state index contributed by atoms with van der Waals surface area (Å²) in [4.78, 5) is 19.2. The molecule has 3 aromatic rings. The second-order valence-corrected chi connectivity index (χ2v) is 6.43. The molecule has 0 radical (unpaired) electrons. The Hall–Kier alpha value is -2.84. The molecule has 1 amide bonds. The van der Waals surface area contributed by atoms with Gasteiger partial charge in [0.05, 0.1) is 12.4 Å². The van der Waals surface area contributed by atoms with E-state index in [-0.39, 0.29) is 17.1 Å². The van der Waals surface area contributed by atoms with Crippen LogP contribution >= 0.6 is 27.5 Å². The molecule has 27 heavy (non-hydrogen) atoms. The van der Waals surface area contributed by atoms with Crippen molar-refractivity contribution in [1.29, 1.82) is 0 Å². The Morgan fingerprint density at radius 1 is 1.26 bits per heavy atom. The van der Waals surface area contributed by atoms with Crippen LogP contribution in [0.1, 0.15) is 15.9 Å². The minimum atomic E-state index is -0.722. The van der Waals surface area contributed by atoms with Gasteiger partial charge in [0.2, 0.25) is 11.1 Å². The molecule has 0 saturated carbocycles. The number of carbonyl (C=O) groups is 1. The Bertz CT molecular complexity index is 999. The fourth-order valence-corrected chi connectivity index (χ4v) is 2.52. The van der Waals surface area contributed by atoms with Crippen LogP contribution in [0, 0.1) is 5.82 Å². The fraction of sp³-hybridized carbons (Fsp3) is 0. The lowest BCUT2D eigenvalue weighted by atomic mass is 10.2. The maximum absolute atomic E-state index is 13.6. The van der Waals surface area contributed by atoms with E-state index in [9.17, 15) is 9.18 Å². The SMILES string of the molecule is O=C(NN=Cc1ccc(Oc2nc(Cl)ncc2F)cc1)c1cccc(Br)c1. The van der Waals surface area contributed by atoms with Crippen molar-refractivity contribution < 1.29 is 13.9 Å². The van der Waals surface area contributed by atoms with E-state index in [4.69, 9.17) is 16.3 Å². The molecule has 0 fully saturated rings. The molecule has 1 aromatic heterocycles. The van der Waals surface area contributed by atoms with Crippen molar-refractivity contribution in [2.45, 2.75) is 0 Å². The summed E-state index contributed by atoms with van der Waals surface area (Å²) in [7, 11) is 0. The molecule has 0 saturated heterocycles. The van der Waals surface area contributed by atoms with Crippen molar-refractivity contribution in [3.05, 3.63) is 81.4 Å². The minimum absolute atomic E-state index is 0.114. The third-order valence-corrected chi connectivity index (χ3v) is 3.92. The number of nitrogens with zero attached hydrogens (tertiary/aromatic N) is 3. The van der Waals surface area contributed by atoms with Crippen LogP contribution in [0.5, 0.6) is 11.6 Å². The number of ether oxygens (including phenoxy) is 1. The minimum Gasteiger partial charge on any atom is -0.436 e. The topological polar surface area (TPSA) is 76.5 Å². The number of benzene rings is 2. The van der Waals surface area contributed by atoms with Crippen LogP contribution in [0.15, 0.2) is 64.3 Å². The Kier molecular flexibility index (Phi) is 6.10. The van der Waals surface area contributed by atoms with Crippen molar-refractivity contribution in [2.75, 3.05) is 0 Å². The van der Waals surface area contributed by atoms with Gasteiger partial charge in [-0.05, 0) is 59.6 Å². The van der Waals surface area contributed by atoms with Gasteiger partial charge in [0.1, 0.15) is 5.75 Å². The molecule has 0 aliphatic rings. The van der Waals surface area contributed by atoms with Gasteiger partial charge in [-0.25, -0.2) is 10.4 Å². The van der Waals surface area contributed by atoms with E-state index in [2.05, 4.69) is 36.4 Å². The number of carbonyl (C=O) groups excluding carboxylic acids is 1. The van der Waals surface area contributed by atoms with Crippen LogP contribution in [-0.2, 0) is 0 Å². The highest BCUT2D eigenvalue weighted by molar-refractivity contribution is 9.10. The standard InChI is InChI=1S/C18H11BrClFN4O2/c19-13-3-1-2-12(8-13)16(26)25-23-9-11-4-6-14(7-5-11)27-17-15(21)10-22-18(20)24-17/h1-10H,(H,25,26). The van der Waals surface area contributed by atoms with Gasteiger partial charge >= 0.3 is 0 Å². The molecule has 1 heterocycles. The highest BCUT2D eigenvalue weighted by Gasteiger charge is 2.08. The molecule has 0 spiro atoms. The first-order chi connectivity index (χ1) is 13.0. The Morgan fingerprint density at radius 3 is 2.78 bits per heavy atom. The first kappa shape index (κ1) is 18.9. The van der Waals surface area contributed by atoms with Crippen LogP contribution in [0.2, 0.25) is 5.28 Å². The Labute approximate surface area is 167 Å². The summed E-state index contributed by atoms with van der Waals surface area (Å²) < 4.78 is 19.7. The second kappa shape index (κ2) is 8.70. The summed E-state index contributed by atoms with van der Waals surface area (Å²) in [6.07, 6.45) is 2.40. The van der Waals surface area contributed by atoms with Crippen molar-refractivity contribution in [3.63, 3.8) is 0 Å². The van der Waals surface area contributed by atoms with E-state index < -0.39 is 5.82 Å². The monoisotopic (exact) mass is 448 g/mol. The average Bonchev–Trinajstić information content (AvgIpc) is 2.66. The molecule has 136 valence electrons. The van der Waals surface area contributed by atoms with Crippen LogP contribution < -0.4 is 10.2 Å². The molecule has 0 atom stereocenters. The number of nitrogens with one attached hydrogen (secondary N) is 1. The molecule has 0 unspecified atom stereocenters. The third kappa shape index (κ3) is 5.32. The highest BCUT2D eigenvalue weighted by Crippen LogP contribution is 2.23. The first-order valence-corrected chi connectivity index (χ1v) is 8.73. The summed E-state index contributed by atoms with van der Waals surface area (Å²) in [5.41, 5.74) is 3.63. The van der Waals surface area contributed by atoms with Gasteiger partial charge in [0.15, 0.2) is 0 Å². The van der Waals surface area contributed by atoms with Crippen LogP contribution in [0.4, 0.5) is 4.39 Å². The van der Waals surface area contributed by atoms with E-state index in [0.29, 0.717) is 16.9 Å². The molecule has 6 nitrogen and oxygen atoms in total. The summed E-state index contributed by atoms with van der Waals surface area (Å²) in [5, 5.41) is 3.79. The third-order valence-electron chi connectivity index (χ3n) is 3.24. The first-order valence-electron chi connectivity index (χ1n) is 7.56. The molecular formula is C18H11BrClFN4O2. The van der Waals surface area contributed by atoms with E-state index in [1.807, 2.05) is 6.07 Å². The van der Waals surface area contributed by atoms with Gasteiger partial charge in [0.25, 0.3) is 11.8 Å². The Morgan fingerprint density at radius 2 is 2.04 bits per heavy atom. The van der Waals surface area contributed by atoms with Gasteiger partial charge in [-0.15, -0.1) is 0 Å². The summed E-state index contributed by atoms with van der Waals surface area (Å²) in [6, 6.07) is 13.5. The van der Waals surface area contributed by atoms with Crippen molar-refractivity contribution >= 4 is 39.7 Å². The van der Waals surface area contributed by atoms with Gasteiger partial charge in [0, 0.05) is 10.0 Å². The van der Waals surface area contributed by atoms with E-state index >= 15 is 0 Å². The Balaban J connectivity index is 1.61. The molecule has 0 aliphatic heterocycles. The number of halogens is 3. The molecule has 2 aromatic carbocycles. The predicted octanol–water partition coefficient (Wildman–Crippen LogP) is 4.59. The number of hydrogen-bond donors (Lipinski definition) is 1. The maximum Gasteiger partial charge on any atom is 0.271 e. The number of hydrogen-bond acceptors (Lipinski definition) is 5. The predicted molar refractivity (Wildman–Crippen MR) is 103 cm³/mol. The quantitative estimate of drug-likeness (QED) is 0.351. The zero-order chi connectivity index (χ0) is 19.2. The van der Waals surface area contributed by atoms with Crippen LogP contribution in [-0.4, -0.2) is 22.1 Å². The normalized spacial score (nSPS) is 10.8. The molecule has 3 rings (SSSR count). The number of aromatic nitrogens is 2.